The van der Waals surface area contributed by atoms with Crippen molar-refractivity contribution in [3.63, 3.8) is 0 Å². The van der Waals surface area contributed by atoms with E-state index in [-0.39, 0.29) is 0 Å². The minimum Gasteiger partial charge on any atom is -0.444 e. The van der Waals surface area contributed by atoms with Gasteiger partial charge in [-0.05, 0) is 39.6 Å². The summed E-state index contributed by atoms with van der Waals surface area (Å²) < 4.78 is 5.10. The molecule has 0 fully saturated rings. The zero-order valence-electron chi connectivity index (χ0n) is 10.4. The number of amides is 1. The number of pyridine rings is 1. The maximum absolute atomic E-state index is 11.4. The average molecular weight is 235 g/mol. The van der Waals surface area contributed by atoms with E-state index in [0.717, 1.165) is 5.69 Å². The largest absolute Gasteiger partial charge is 0.444 e. The fraction of sp³-hybridized carbons (Fsp3) is 0.417. The van der Waals surface area contributed by atoms with E-state index in [1.807, 2.05) is 20.8 Å². The Kier molecular flexibility index (Phi) is 4.20. The van der Waals surface area contributed by atoms with Crippen LogP contribution in [0.2, 0.25) is 0 Å². The van der Waals surface area contributed by atoms with E-state index in [2.05, 4.69) is 22.0 Å². The molecular weight excluding hydrogens is 218 g/mol. The summed E-state index contributed by atoms with van der Waals surface area (Å²) in [6.07, 6.45) is 1.16. The second-order valence-electron chi connectivity index (χ2n) is 4.52. The SMILES string of the molecule is C=Nc1ccnc(CNC(=O)OC(C)(C)C)c1. The molecule has 0 saturated carbocycles. The third-order valence-electron chi connectivity index (χ3n) is 1.80. The van der Waals surface area contributed by atoms with Gasteiger partial charge in [-0.15, -0.1) is 0 Å². The number of hydrogen-bond acceptors (Lipinski definition) is 4. The summed E-state index contributed by atoms with van der Waals surface area (Å²) in [7, 11) is 0. The van der Waals surface area contributed by atoms with E-state index in [0.29, 0.717) is 12.2 Å². The lowest BCUT2D eigenvalue weighted by atomic mass is 10.2. The summed E-state index contributed by atoms with van der Waals surface area (Å²) in [5.41, 5.74) is 0.934. The second kappa shape index (κ2) is 5.43. The molecule has 1 heterocycles. The monoisotopic (exact) mass is 235 g/mol. The predicted molar refractivity (Wildman–Crippen MR) is 66.5 cm³/mol. The van der Waals surface area contributed by atoms with E-state index in [1.54, 1.807) is 18.3 Å². The van der Waals surface area contributed by atoms with Crippen molar-refractivity contribution in [2.75, 3.05) is 0 Å². The minimum absolute atomic E-state index is 0.304. The normalized spacial score (nSPS) is 10.8. The number of rotatable bonds is 3. The number of carbonyl (C=O) groups excluding carboxylic acids is 1. The third kappa shape index (κ3) is 5.10. The molecule has 1 aromatic rings. The van der Waals surface area contributed by atoms with Crippen LogP contribution in [0.25, 0.3) is 0 Å². The fourth-order valence-corrected chi connectivity index (χ4v) is 1.14. The Hall–Kier alpha value is -1.91. The van der Waals surface area contributed by atoms with E-state index < -0.39 is 11.7 Å². The highest BCUT2D eigenvalue weighted by Gasteiger charge is 2.15. The van der Waals surface area contributed by atoms with Crippen LogP contribution in [0.5, 0.6) is 0 Å². The summed E-state index contributed by atoms with van der Waals surface area (Å²) >= 11 is 0. The van der Waals surface area contributed by atoms with Crippen LogP contribution in [-0.4, -0.2) is 23.4 Å². The third-order valence-corrected chi connectivity index (χ3v) is 1.80. The number of carbonyl (C=O) groups is 1. The zero-order chi connectivity index (χ0) is 12.9. The molecule has 0 aliphatic rings. The van der Waals surface area contributed by atoms with E-state index >= 15 is 0 Å². The van der Waals surface area contributed by atoms with E-state index in [9.17, 15) is 4.79 Å². The van der Waals surface area contributed by atoms with Crippen molar-refractivity contribution < 1.29 is 9.53 Å². The molecule has 5 nitrogen and oxygen atoms in total. The standard InChI is InChI=1S/C12H17N3O2/c1-12(2,3)17-11(16)15-8-10-7-9(13-4)5-6-14-10/h5-7H,4,8H2,1-3H3,(H,15,16). The molecule has 17 heavy (non-hydrogen) atoms. The molecule has 0 aliphatic carbocycles. The first-order chi connectivity index (χ1) is 7.90. The van der Waals surface area contributed by atoms with Crippen LogP contribution in [0.1, 0.15) is 26.5 Å². The number of nitrogens with zero attached hydrogens (tertiary/aromatic N) is 2. The van der Waals surface area contributed by atoms with Gasteiger partial charge in [-0.25, -0.2) is 4.79 Å². The number of ether oxygens (including phenoxy) is 1. The summed E-state index contributed by atoms with van der Waals surface area (Å²) in [4.78, 5) is 19.3. The Morgan fingerprint density at radius 3 is 2.88 bits per heavy atom. The molecule has 0 unspecified atom stereocenters. The van der Waals surface area contributed by atoms with Gasteiger partial charge in [0, 0.05) is 6.20 Å². The fourth-order valence-electron chi connectivity index (χ4n) is 1.14. The Morgan fingerprint density at radius 1 is 1.59 bits per heavy atom. The van der Waals surface area contributed by atoms with Gasteiger partial charge in [0.2, 0.25) is 0 Å². The van der Waals surface area contributed by atoms with Crippen molar-refractivity contribution in [2.24, 2.45) is 4.99 Å². The lowest BCUT2D eigenvalue weighted by Gasteiger charge is -2.19. The number of aliphatic imine (C=N–C) groups is 1. The Bertz CT molecular complexity index is 410. The Labute approximate surface area is 101 Å². The Morgan fingerprint density at radius 2 is 2.29 bits per heavy atom. The van der Waals surface area contributed by atoms with Crippen molar-refractivity contribution in [3.05, 3.63) is 24.0 Å². The molecular formula is C12H17N3O2. The van der Waals surface area contributed by atoms with Gasteiger partial charge in [0.15, 0.2) is 0 Å². The predicted octanol–water partition coefficient (Wildman–Crippen LogP) is 2.44. The molecule has 1 N–H and O–H groups in total. The molecule has 0 spiro atoms. The van der Waals surface area contributed by atoms with Crippen molar-refractivity contribution in [2.45, 2.75) is 32.9 Å². The highest BCUT2D eigenvalue weighted by atomic mass is 16.6. The number of aromatic nitrogens is 1. The van der Waals surface area contributed by atoms with Gasteiger partial charge >= 0.3 is 6.09 Å². The van der Waals surface area contributed by atoms with Gasteiger partial charge in [-0.2, -0.15) is 0 Å². The first-order valence-corrected chi connectivity index (χ1v) is 5.29. The van der Waals surface area contributed by atoms with Gasteiger partial charge in [0.05, 0.1) is 17.9 Å². The van der Waals surface area contributed by atoms with Gasteiger partial charge < -0.3 is 10.1 Å². The summed E-state index contributed by atoms with van der Waals surface area (Å²) in [6.45, 7) is 9.17. The Balaban J connectivity index is 2.50. The first-order valence-electron chi connectivity index (χ1n) is 5.29. The molecule has 0 aromatic carbocycles. The van der Waals surface area contributed by atoms with Gasteiger partial charge in [0.25, 0.3) is 0 Å². The first kappa shape index (κ1) is 13.2. The zero-order valence-corrected chi connectivity index (χ0v) is 10.4. The molecule has 0 radical (unpaired) electrons. The van der Waals surface area contributed by atoms with Crippen molar-refractivity contribution in [3.8, 4) is 0 Å². The lowest BCUT2D eigenvalue weighted by molar-refractivity contribution is 0.0523. The lowest BCUT2D eigenvalue weighted by Crippen LogP contribution is -2.32. The van der Waals surface area contributed by atoms with E-state index in [4.69, 9.17) is 4.74 Å². The molecule has 1 aromatic heterocycles. The van der Waals surface area contributed by atoms with Crippen LogP contribution < -0.4 is 5.32 Å². The summed E-state index contributed by atoms with van der Waals surface area (Å²) in [6, 6.07) is 3.49. The topological polar surface area (TPSA) is 63.6 Å². The van der Waals surface area contributed by atoms with Crippen LogP contribution in [0.15, 0.2) is 23.3 Å². The van der Waals surface area contributed by atoms with Crippen LogP contribution in [0.4, 0.5) is 10.5 Å². The minimum atomic E-state index is -0.498. The molecule has 0 aliphatic heterocycles. The van der Waals surface area contributed by atoms with Gasteiger partial charge in [-0.1, -0.05) is 0 Å². The van der Waals surface area contributed by atoms with Crippen LogP contribution in [-0.2, 0) is 11.3 Å². The molecule has 0 saturated heterocycles. The quantitative estimate of drug-likeness (QED) is 0.818. The maximum atomic E-state index is 11.4. The number of alkyl carbamates (subject to hydrolysis) is 1. The van der Waals surface area contributed by atoms with Crippen LogP contribution >= 0.6 is 0 Å². The molecule has 1 rings (SSSR count). The molecule has 1 amide bonds. The molecule has 0 bridgehead atoms. The highest BCUT2D eigenvalue weighted by molar-refractivity contribution is 5.67. The van der Waals surface area contributed by atoms with Crippen LogP contribution in [0.3, 0.4) is 0 Å². The number of hydrogen-bond donors (Lipinski definition) is 1. The molecule has 0 atom stereocenters. The second-order valence-corrected chi connectivity index (χ2v) is 4.52. The van der Waals surface area contributed by atoms with Gasteiger partial charge in [-0.3, -0.25) is 9.98 Å². The number of nitrogens with one attached hydrogen (secondary N) is 1. The van der Waals surface area contributed by atoms with Crippen molar-refractivity contribution >= 4 is 18.5 Å². The molecule has 92 valence electrons. The average Bonchev–Trinajstić information content (AvgIpc) is 2.24. The van der Waals surface area contributed by atoms with Crippen molar-refractivity contribution in [1.82, 2.24) is 10.3 Å². The highest BCUT2D eigenvalue weighted by Crippen LogP contribution is 2.11. The van der Waals surface area contributed by atoms with E-state index in [1.165, 1.54) is 0 Å². The van der Waals surface area contributed by atoms with Gasteiger partial charge in [0.1, 0.15) is 5.60 Å². The van der Waals surface area contributed by atoms with Crippen LogP contribution in [0, 0.1) is 0 Å². The summed E-state index contributed by atoms with van der Waals surface area (Å²) in [5, 5.41) is 2.62. The maximum Gasteiger partial charge on any atom is 0.407 e. The van der Waals surface area contributed by atoms with Crippen molar-refractivity contribution in [1.29, 1.82) is 0 Å². The molecule has 5 heteroatoms. The smallest absolute Gasteiger partial charge is 0.407 e. The summed E-state index contributed by atoms with van der Waals surface area (Å²) in [5.74, 6) is 0.